The summed E-state index contributed by atoms with van der Waals surface area (Å²) in [4.78, 5) is 24.9. The Bertz CT molecular complexity index is 1120. The number of ketones is 1. The monoisotopic (exact) mass is 374 g/mol. The zero-order valence-electron chi connectivity index (χ0n) is 14.5. The van der Waals surface area contributed by atoms with E-state index in [9.17, 15) is 14.7 Å². The van der Waals surface area contributed by atoms with Crippen molar-refractivity contribution in [1.82, 2.24) is 0 Å². The fourth-order valence-electron chi connectivity index (χ4n) is 3.60. The fraction of sp³-hybridized carbons (Fsp3) is 0.0909. The summed E-state index contributed by atoms with van der Waals surface area (Å²) in [7, 11) is 0. The molecule has 0 radical (unpaired) electrons. The van der Waals surface area contributed by atoms with Crippen molar-refractivity contribution in [3.63, 3.8) is 0 Å². The highest BCUT2D eigenvalue weighted by Gasteiger charge is 2.38. The molecule has 0 aliphatic carbocycles. The zero-order chi connectivity index (χ0) is 19.3. The maximum Gasteiger partial charge on any atom is 0.312 e. The van der Waals surface area contributed by atoms with Crippen LogP contribution < -0.4 is 9.47 Å². The zero-order valence-corrected chi connectivity index (χ0v) is 14.5. The van der Waals surface area contributed by atoms with E-state index in [-0.39, 0.29) is 35.6 Å². The standard InChI is InChI=1S/C22H14O6/c23-13-5-3-12(4-6-13)16-11-19(24)27-17-8-7-15-21(25)18(28-22(15)20(16)17)10-14-2-1-9-26-14/h1-10,16,23H,11H2. The summed E-state index contributed by atoms with van der Waals surface area (Å²) < 4.78 is 16.6. The largest absolute Gasteiger partial charge is 0.508 e. The van der Waals surface area contributed by atoms with Crippen LogP contribution in [-0.4, -0.2) is 16.9 Å². The number of carbonyl (C=O) groups is 2. The highest BCUT2D eigenvalue weighted by Crippen LogP contribution is 2.49. The molecule has 6 heteroatoms. The Hall–Kier alpha value is -3.80. The molecule has 28 heavy (non-hydrogen) atoms. The molecule has 1 N–H and O–H groups in total. The van der Waals surface area contributed by atoms with Crippen LogP contribution in [0.2, 0.25) is 0 Å². The number of aromatic hydroxyl groups is 1. The molecule has 2 aliphatic rings. The maximum absolute atomic E-state index is 12.8. The summed E-state index contributed by atoms with van der Waals surface area (Å²) in [6, 6.07) is 13.3. The van der Waals surface area contributed by atoms with Gasteiger partial charge in [-0.15, -0.1) is 0 Å². The van der Waals surface area contributed by atoms with Crippen LogP contribution in [0.1, 0.15) is 39.6 Å². The molecular weight excluding hydrogens is 360 g/mol. The van der Waals surface area contributed by atoms with Gasteiger partial charge in [0, 0.05) is 17.6 Å². The first kappa shape index (κ1) is 16.4. The lowest BCUT2D eigenvalue weighted by molar-refractivity contribution is -0.135. The molecule has 1 aromatic heterocycles. The van der Waals surface area contributed by atoms with Gasteiger partial charge >= 0.3 is 5.97 Å². The number of furan rings is 1. The minimum absolute atomic E-state index is 0.114. The van der Waals surface area contributed by atoms with E-state index in [1.54, 1.807) is 54.6 Å². The van der Waals surface area contributed by atoms with Crippen LogP contribution in [0.4, 0.5) is 0 Å². The number of allylic oxidation sites excluding steroid dienone is 1. The second-order valence-electron chi connectivity index (χ2n) is 6.63. The third-order valence-electron chi connectivity index (χ3n) is 4.89. The van der Waals surface area contributed by atoms with Crippen LogP contribution in [0.5, 0.6) is 17.2 Å². The normalized spacial score (nSPS) is 19.1. The Morgan fingerprint density at radius 3 is 2.57 bits per heavy atom. The number of phenols is 1. The van der Waals surface area contributed by atoms with E-state index < -0.39 is 0 Å². The molecular formula is C22H14O6. The third kappa shape index (κ3) is 2.58. The summed E-state index contributed by atoms with van der Waals surface area (Å²) in [5, 5.41) is 9.57. The average molecular weight is 374 g/mol. The Morgan fingerprint density at radius 1 is 1.00 bits per heavy atom. The van der Waals surface area contributed by atoms with Crippen LogP contribution in [-0.2, 0) is 4.79 Å². The summed E-state index contributed by atoms with van der Waals surface area (Å²) in [5.74, 6) is 0.604. The predicted molar refractivity (Wildman–Crippen MR) is 98.3 cm³/mol. The van der Waals surface area contributed by atoms with Crippen molar-refractivity contribution in [2.75, 3.05) is 0 Å². The minimum atomic E-state index is -0.360. The van der Waals surface area contributed by atoms with Gasteiger partial charge < -0.3 is 19.0 Å². The van der Waals surface area contributed by atoms with Crippen molar-refractivity contribution in [3.8, 4) is 17.2 Å². The lowest BCUT2D eigenvalue weighted by atomic mass is 9.84. The van der Waals surface area contributed by atoms with Crippen LogP contribution >= 0.6 is 0 Å². The highest BCUT2D eigenvalue weighted by molar-refractivity contribution is 6.15. The molecule has 2 aromatic carbocycles. The number of Topliss-reactive ketones (excluding diaryl/α,β-unsaturated/α-hetero) is 1. The lowest BCUT2D eigenvalue weighted by Crippen LogP contribution is -2.21. The molecule has 2 aliphatic heterocycles. The van der Waals surface area contributed by atoms with Crippen LogP contribution in [0.3, 0.4) is 0 Å². The summed E-state index contributed by atoms with van der Waals surface area (Å²) in [6.07, 6.45) is 3.17. The molecule has 0 bridgehead atoms. The van der Waals surface area contributed by atoms with Gasteiger partial charge in [-0.3, -0.25) is 9.59 Å². The number of hydrogen-bond donors (Lipinski definition) is 1. The highest BCUT2D eigenvalue weighted by atomic mass is 16.5. The molecule has 0 saturated heterocycles. The van der Waals surface area contributed by atoms with Gasteiger partial charge in [0.1, 0.15) is 23.0 Å². The summed E-state index contributed by atoms with van der Waals surface area (Å²) in [5.41, 5.74) is 1.89. The molecule has 0 amide bonds. The maximum atomic E-state index is 12.8. The Labute approximate surface area is 159 Å². The fourth-order valence-corrected chi connectivity index (χ4v) is 3.60. The van der Waals surface area contributed by atoms with Gasteiger partial charge in [-0.25, -0.2) is 0 Å². The van der Waals surface area contributed by atoms with Gasteiger partial charge in [0.25, 0.3) is 0 Å². The SMILES string of the molecule is O=C1CC(c2ccc(O)cc2)c2c(ccc3c2OC(=Cc2ccco2)C3=O)O1. The lowest BCUT2D eigenvalue weighted by Gasteiger charge is -2.26. The van der Waals surface area contributed by atoms with Gasteiger partial charge in [0.2, 0.25) is 5.78 Å². The van der Waals surface area contributed by atoms with Crippen molar-refractivity contribution >= 4 is 17.8 Å². The number of fused-ring (bicyclic) bond motifs is 3. The van der Waals surface area contributed by atoms with Crippen LogP contribution in [0.25, 0.3) is 6.08 Å². The van der Waals surface area contributed by atoms with E-state index in [0.717, 1.165) is 5.56 Å². The first-order valence-corrected chi connectivity index (χ1v) is 8.74. The first-order valence-electron chi connectivity index (χ1n) is 8.74. The molecule has 1 unspecified atom stereocenters. The minimum Gasteiger partial charge on any atom is -0.508 e. The number of esters is 1. The van der Waals surface area contributed by atoms with Crippen LogP contribution in [0.15, 0.2) is 65.0 Å². The van der Waals surface area contributed by atoms with E-state index >= 15 is 0 Å². The van der Waals surface area contributed by atoms with Gasteiger partial charge in [0.05, 0.1) is 18.2 Å². The molecule has 0 saturated carbocycles. The Balaban J connectivity index is 1.64. The predicted octanol–water partition coefficient (Wildman–Crippen LogP) is 4.04. The molecule has 6 nitrogen and oxygen atoms in total. The third-order valence-corrected chi connectivity index (χ3v) is 4.89. The topological polar surface area (TPSA) is 86.0 Å². The van der Waals surface area contributed by atoms with E-state index in [1.807, 2.05) is 0 Å². The van der Waals surface area contributed by atoms with Gasteiger partial charge in [-0.1, -0.05) is 12.1 Å². The van der Waals surface area contributed by atoms with Crippen molar-refractivity contribution in [2.24, 2.45) is 0 Å². The smallest absolute Gasteiger partial charge is 0.312 e. The van der Waals surface area contributed by atoms with E-state index in [1.165, 1.54) is 6.26 Å². The number of ether oxygens (including phenoxy) is 2. The Kier molecular flexibility index (Phi) is 3.58. The van der Waals surface area contributed by atoms with E-state index in [2.05, 4.69) is 0 Å². The molecule has 5 rings (SSSR count). The summed E-state index contributed by atoms with van der Waals surface area (Å²) in [6.45, 7) is 0. The van der Waals surface area contributed by atoms with E-state index in [0.29, 0.717) is 28.4 Å². The van der Waals surface area contributed by atoms with Crippen molar-refractivity contribution in [2.45, 2.75) is 12.3 Å². The molecule has 0 fully saturated rings. The molecule has 3 aromatic rings. The molecule has 3 heterocycles. The van der Waals surface area contributed by atoms with Crippen molar-refractivity contribution in [1.29, 1.82) is 0 Å². The van der Waals surface area contributed by atoms with E-state index in [4.69, 9.17) is 13.9 Å². The molecule has 0 spiro atoms. The second-order valence-corrected chi connectivity index (χ2v) is 6.63. The van der Waals surface area contributed by atoms with Gasteiger partial charge in [-0.05, 0) is 42.0 Å². The second kappa shape index (κ2) is 6.13. The molecule has 138 valence electrons. The Morgan fingerprint density at radius 2 is 1.82 bits per heavy atom. The quantitative estimate of drug-likeness (QED) is 0.414. The first-order chi connectivity index (χ1) is 13.6. The van der Waals surface area contributed by atoms with Crippen LogP contribution in [0, 0.1) is 0 Å². The van der Waals surface area contributed by atoms with Gasteiger partial charge in [-0.2, -0.15) is 0 Å². The number of carbonyl (C=O) groups excluding carboxylic acids is 2. The molecule has 1 atom stereocenters. The van der Waals surface area contributed by atoms with Crippen molar-refractivity contribution < 1.29 is 28.6 Å². The van der Waals surface area contributed by atoms with Crippen molar-refractivity contribution in [3.05, 3.63) is 83.0 Å². The number of benzene rings is 2. The number of rotatable bonds is 2. The number of phenolic OH excluding ortho intramolecular Hbond substituents is 1. The summed E-state index contributed by atoms with van der Waals surface area (Å²) >= 11 is 0. The van der Waals surface area contributed by atoms with Gasteiger partial charge in [0.15, 0.2) is 5.76 Å². The average Bonchev–Trinajstić information content (AvgIpc) is 3.30. The number of hydrogen-bond acceptors (Lipinski definition) is 6.